The summed E-state index contributed by atoms with van der Waals surface area (Å²) in [5.74, 6) is 0.138. The van der Waals surface area contributed by atoms with E-state index in [1.807, 2.05) is 49.9 Å². The summed E-state index contributed by atoms with van der Waals surface area (Å²) in [6.07, 6.45) is 0. The Bertz CT molecular complexity index is 1110. The number of ether oxygens (including phenoxy) is 1. The van der Waals surface area contributed by atoms with E-state index in [4.69, 9.17) is 4.74 Å². The molecular weight excluding hydrogens is 369 g/mol. The Morgan fingerprint density at radius 3 is 2.38 bits per heavy atom. The van der Waals surface area contributed by atoms with Gasteiger partial charge in [0.2, 0.25) is 5.88 Å². The lowest BCUT2D eigenvalue weighted by atomic mass is 10.0. The molecule has 5 nitrogen and oxygen atoms in total. The Morgan fingerprint density at radius 2 is 1.69 bits per heavy atom. The van der Waals surface area contributed by atoms with Crippen molar-refractivity contribution in [3.05, 3.63) is 76.7 Å². The first-order valence-corrected chi connectivity index (χ1v) is 9.37. The summed E-state index contributed by atoms with van der Waals surface area (Å²) >= 11 is 0. The fourth-order valence-electron chi connectivity index (χ4n) is 3.82. The fraction of sp³-hybridized carbons (Fsp3) is 0.217. The van der Waals surface area contributed by atoms with Gasteiger partial charge in [-0.2, -0.15) is 0 Å². The van der Waals surface area contributed by atoms with E-state index in [1.165, 1.54) is 12.1 Å². The van der Waals surface area contributed by atoms with Crippen LogP contribution in [0.15, 0.2) is 48.5 Å². The molecule has 0 saturated carbocycles. The van der Waals surface area contributed by atoms with Crippen LogP contribution in [0, 0.1) is 26.6 Å². The van der Waals surface area contributed by atoms with Crippen LogP contribution in [0.3, 0.4) is 0 Å². The minimum Gasteiger partial charge on any atom is -0.481 e. The van der Waals surface area contributed by atoms with Crippen LogP contribution in [-0.4, -0.2) is 24.7 Å². The maximum Gasteiger partial charge on any atom is 0.262 e. The molecule has 2 aromatic carbocycles. The molecule has 1 aliphatic heterocycles. The highest BCUT2D eigenvalue weighted by Crippen LogP contribution is 2.39. The number of aromatic nitrogens is 1. The lowest BCUT2D eigenvalue weighted by Crippen LogP contribution is -2.46. The molecule has 1 aromatic heterocycles. The molecule has 3 aromatic rings. The molecule has 2 heterocycles. The number of halogens is 1. The first kappa shape index (κ1) is 18.9. The van der Waals surface area contributed by atoms with Gasteiger partial charge in [0.15, 0.2) is 0 Å². The number of hydrogen-bond acceptors (Lipinski definition) is 4. The molecule has 4 rings (SSSR count). The summed E-state index contributed by atoms with van der Waals surface area (Å²) in [7, 11) is 1.56. The molecule has 0 N–H and O–H groups in total. The molecule has 0 fully saturated rings. The minimum atomic E-state index is -0.282. The molecule has 0 saturated heterocycles. The van der Waals surface area contributed by atoms with Crippen molar-refractivity contribution >= 4 is 23.0 Å². The van der Waals surface area contributed by atoms with E-state index >= 15 is 0 Å². The summed E-state index contributed by atoms with van der Waals surface area (Å²) in [6, 6.07) is 14.1. The second-order valence-corrected chi connectivity index (χ2v) is 7.16. The number of pyridine rings is 1. The van der Waals surface area contributed by atoms with Gasteiger partial charge in [-0.15, -0.1) is 0 Å². The first-order valence-electron chi connectivity index (χ1n) is 9.37. The van der Waals surface area contributed by atoms with E-state index in [0.717, 1.165) is 28.2 Å². The molecule has 0 atom stereocenters. The molecule has 0 unspecified atom stereocenters. The number of aryl methyl sites for hydroxylation is 3. The van der Waals surface area contributed by atoms with Gasteiger partial charge in [-0.25, -0.2) is 9.37 Å². The highest BCUT2D eigenvalue weighted by molar-refractivity contribution is 6.13. The van der Waals surface area contributed by atoms with Gasteiger partial charge in [0.25, 0.3) is 5.91 Å². The fourth-order valence-corrected chi connectivity index (χ4v) is 3.82. The highest BCUT2D eigenvalue weighted by Gasteiger charge is 2.33. The second-order valence-electron chi connectivity index (χ2n) is 7.16. The Balaban J connectivity index is 1.88. The second kappa shape index (κ2) is 7.20. The van der Waals surface area contributed by atoms with Crippen molar-refractivity contribution in [3.63, 3.8) is 0 Å². The Kier molecular flexibility index (Phi) is 4.70. The molecular formula is C23H22FN3O2. The van der Waals surface area contributed by atoms with Crippen molar-refractivity contribution < 1.29 is 13.9 Å². The summed E-state index contributed by atoms with van der Waals surface area (Å²) in [5.41, 5.74) is 5.42. The molecule has 0 radical (unpaired) electrons. The van der Waals surface area contributed by atoms with E-state index in [-0.39, 0.29) is 11.7 Å². The zero-order valence-electron chi connectivity index (χ0n) is 16.9. The number of benzene rings is 2. The third kappa shape index (κ3) is 3.20. The third-order valence-corrected chi connectivity index (χ3v) is 5.27. The number of nitrogens with zero attached hydrogens (tertiary/aromatic N) is 3. The highest BCUT2D eigenvalue weighted by atomic mass is 19.1. The van der Waals surface area contributed by atoms with Crippen LogP contribution < -0.4 is 14.5 Å². The van der Waals surface area contributed by atoms with Crippen molar-refractivity contribution in [2.45, 2.75) is 20.8 Å². The molecule has 0 bridgehead atoms. The van der Waals surface area contributed by atoms with Gasteiger partial charge in [-0.3, -0.25) is 9.69 Å². The van der Waals surface area contributed by atoms with Gasteiger partial charge in [0.1, 0.15) is 12.5 Å². The van der Waals surface area contributed by atoms with Crippen LogP contribution in [-0.2, 0) is 0 Å². The topological polar surface area (TPSA) is 45.7 Å². The smallest absolute Gasteiger partial charge is 0.262 e. The van der Waals surface area contributed by atoms with Gasteiger partial charge in [0.05, 0.1) is 29.7 Å². The maximum atomic E-state index is 13.7. The zero-order chi connectivity index (χ0) is 20.7. The average Bonchev–Trinajstić information content (AvgIpc) is 2.69. The number of fused-ring (bicyclic) bond motifs is 1. The molecule has 1 aliphatic rings. The zero-order valence-corrected chi connectivity index (χ0v) is 16.9. The van der Waals surface area contributed by atoms with Crippen molar-refractivity contribution in [3.8, 4) is 5.88 Å². The normalized spacial score (nSPS) is 13.5. The Hall–Kier alpha value is -3.41. The van der Waals surface area contributed by atoms with E-state index in [9.17, 15) is 9.18 Å². The summed E-state index contributed by atoms with van der Waals surface area (Å²) in [5, 5.41) is 0. The summed E-state index contributed by atoms with van der Waals surface area (Å²) in [4.78, 5) is 21.6. The Morgan fingerprint density at radius 1 is 0.931 bits per heavy atom. The van der Waals surface area contributed by atoms with Crippen molar-refractivity contribution in [1.82, 2.24) is 4.98 Å². The maximum absolute atomic E-state index is 13.7. The van der Waals surface area contributed by atoms with Crippen molar-refractivity contribution in [1.29, 1.82) is 0 Å². The van der Waals surface area contributed by atoms with Gasteiger partial charge < -0.3 is 9.64 Å². The van der Waals surface area contributed by atoms with Crippen LogP contribution in [0.1, 0.15) is 27.2 Å². The SMILES string of the molecule is COc1ccc(N2CN(c3ccc(F)cc3C)c3cccc(C)c3C2=O)c(C)n1. The summed E-state index contributed by atoms with van der Waals surface area (Å²) in [6.45, 7) is 5.95. The molecule has 0 spiro atoms. The third-order valence-electron chi connectivity index (χ3n) is 5.27. The molecule has 1 amide bonds. The molecule has 6 heteroatoms. The number of carbonyl (C=O) groups excluding carboxylic acids is 1. The quantitative estimate of drug-likeness (QED) is 0.636. The predicted octanol–water partition coefficient (Wildman–Crippen LogP) is 4.91. The van der Waals surface area contributed by atoms with Crippen LogP contribution in [0.25, 0.3) is 0 Å². The van der Waals surface area contributed by atoms with E-state index < -0.39 is 0 Å². The van der Waals surface area contributed by atoms with Crippen LogP contribution in [0.4, 0.5) is 21.5 Å². The first-order chi connectivity index (χ1) is 13.9. The number of hydrogen-bond donors (Lipinski definition) is 0. The largest absolute Gasteiger partial charge is 0.481 e. The lowest BCUT2D eigenvalue weighted by Gasteiger charge is -2.39. The van der Waals surface area contributed by atoms with Crippen LogP contribution in [0.2, 0.25) is 0 Å². The van der Waals surface area contributed by atoms with Gasteiger partial charge in [-0.05, 0) is 62.2 Å². The van der Waals surface area contributed by atoms with Gasteiger partial charge >= 0.3 is 0 Å². The lowest BCUT2D eigenvalue weighted by molar-refractivity contribution is 0.0982. The number of methoxy groups -OCH3 is 1. The number of amides is 1. The average molecular weight is 391 g/mol. The van der Waals surface area contributed by atoms with Crippen LogP contribution >= 0.6 is 0 Å². The molecule has 29 heavy (non-hydrogen) atoms. The monoisotopic (exact) mass is 391 g/mol. The van der Waals surface area contributed by atoms with Gasteiger partial charge in [-0.1, -0.05) is 12.1 Å². The van der Waals surface area contributed by atoms with E-state index in [0.29, 0.717) is 23.8 Å². The van der Waals surface area contributed by atoms with Crippen molar-refractivity contribution in [2.24, 2.45) is 0 Å². The number of carbonyl (C=O) groups is 1. The van der Waals surface area contributed by atoms with E-state index in [2.05, 4.69) is 4.98 Å². The minimum absolute atomic E-state index is 0.0795. The molecule has 0 aliphatic carbocycles. The van der Waals surface area contributed by atoms with Crippen molar-refractivity contribution in [2.75, 3.05) is 23.6 Å². The number of rotatable bonds is 3. The van der Waals surface area contributed by atoms with E-state index in [1.54, 1.807) is 24.1 Å². The predicted molar refractivity (Wildman–Crippen MR) is 112 cm³/mol. The summed E-state index contributed by atoms with van der Waals surface area (Å²) < 4.78 is 18.9. The van der Waals surface area contributed by atoms with Gasteiger partial charge in [0, 0.05) is 11.8 Å². The van der Waals surface area contributed by atoms with Crippen LogP contribution in [0.5, 0.6) is 5.88 Å². The standard InChI is InChI=1S/C23H22FN3O2/c1-14-6-5-7-20-22(14)23(28)27(19-10-11-21(29-4)25-16(19)3)13-26(20)18-9-8-17(24)12-15(18)2/h5-12H,13H2,1-4H3. The Labute approximate surface area is 169 Å². The number of anilines is 3. The molecule has 148 valence electrons.